The van der Waals surface area contributed by atoms with Crippen molar-refractivity contribution in [3.63, 3.8) is 0 Å². The minimum absolute atomic E-state index is 0.00101. The summed E-state index contributed by atoms with van der Waals surface area (Å²) < 4.78 is 5.61. The van der Waals surface area contributed by atoms with Crippen molar-refractivity contribution in [2.24, 2.45) is 11.3 Å². The van der Waals surface area contributed by atoms with E-state index in [0.29, 0.717) is 11.2 Å². The van der Waals surface area contributed by atoms with Crippen molar-refractivity contribution in [3.05, 3.63) is 28.3 Å². The average Bonchev–Trinajstić information content (AvgIpc) is 3.26. The molecule has 21 heavy (non-hydrogen) atoms. The zero-order valence-corrected chi connectivity index (χ0v) is 12.6. The summed E-state index contributed by atoms with van der Waals surface area (Å²) >= 11 is 0. The maximum atomic E-state index is 11.0. The summed E-state index contributed by atoms with van der Waals surface area (Å²) in [7, 11) is 0. The monoisotopic (exact) mass is 290 g/mol. The molecule has 0 radical (unpaired) electrons. The van der Waals surface area contributed by atoms with E-state index in [2.05, 4.69) is 5.32 Å². The summed E-state index contributed by atoms with van der Waals surface area (Å²) in [5.74, 6) is 1.42. The number of anilines is 1. The Morgan fingerprint density at radius 1 is 1.38 bits per heavy atom. The normalized spacial score (nSPS) is 19.4. The Bertz CT molecular complexity index is 548. The Kier molecular flexibility index (Phi) is 3.51. The van der Waals surface area contributed by atoms with Gasteiger partial charge < -0.3 is 10.1 Å². The van der Waals surface area contributed by atoms with E-state index < -0.39 is 0 Å². The lowest BCUT2D eigenvalue weighted by Crippen LogP contribution is -2.17. The summed E-state index contributed by atoms with van der Waals surface area (Å²) in [5, 5.41) is 14.4. The van der Waals surface area contributed by atoms with Crippen LogP contribution in [0.1, 0.15) is 39.5 Å². The molecule has 1 aromatic rings. The van der Waals surface area contributed by atoms with Gasteiger partial charge in [0.2, 0.25) is 0 Å². The Hall–Kier alpha value is -1.78. The lowest BCUT2D eigenvalue weighted by molar-refractivity contribution is -0.384. The third-order valence-electron chi connectivity index (χ3n) is 4.45. The Balaban J connectivity index is 1.73. The first-order valence-electron chi connectivity index (χ1n) is 7.68. The van der Waals surface area contributed by atoms with Gasteiger partial charge in [0.1, 0.15) is 5.75 Å². The van der Waals surface area contributed by atoms with Crippen LogP contribution in [0.25, 0.3) is 0 Å². The highest BCUT2D eigenvalue weighted by molar-refractivity contribution is 5.56. The van der Waals surface area contributed by atoms with E-state index in [1.807, 2.05) is 19.9 Å². The van der Waals surface area contributed by atoms with Crippen LogP contribution < -0.4 is 10.1 Å². The number of hydrogen-bond donors (Lipinski definition) is 1. The topological polar surface area (TPSA) is 64.4 Å². The van der Waals surface area contributed by atoms with Gasteiger partial charge in [-0.25, -0.2) is 0 Å². The summed E-state index contributed by atoms with van der Waals surface area (Å²) in [6, 6.07) is 4.94. The molecule has 3 rings (SSSR count). The van der Waals surface area contributed by atoms with E-state index in [9.17, 15) is 10.1 Å². The first kappa shape index (κ1) is 14.2. The van der Waals surface area contributed by atoms with Crippen LogP contribution in [0.5, 0.6) is 5.75 Å². The second kappa shape index (κ2) is 5.20. The minimum atomic E-state index is -0.369. The molecule has 0 heterocycles. The molecule has 5 nitrogen and oxygen atoms in total. The van der Waals surface area contributed by atoms with Crippen molar-refractivity contribution < 1.29 is 9.66 Å². The standard InChI is InChI=1S/C16H22N2O3/c1-11(2)21-15-8-13(7-14(9-15)18(19)20)17-10-16(5-6-16)12-3-4-12/h7-9,11-12,17H,3-6,10H2,1-2H3. The van der Waals surface area contributed by atoms with Crippen molar-refractivity contribution in [1.82, 2.24) is 0 Å². The van der Waals surface area contributed by atoms with Crippen LogP contribution in [0.3, 0.4) is 0 Å². The highest BCUT2D eigenvalue weighted by Gasteiger charge is 2.53. The molecule has 0 saturated heterocycles. The molecule has 0 bridgehead atoms. The minimum Gasteiger partial charge on any atom is -0.491 e. The summed E-state index contributed by atoms with van der Waals surface area (Å²) in [6.45, 7) is 4.75. The number of nitrogens with one attached hydrogen (secondary N) is 1. The lowest BCUT2D eigenvalue weighted by Gasteiger charge is -2.17. The molecule has 2 fully saturated rings. The Morgan fingerprint density at radius 3 is 2.62 bits per heavy atom. The van der Waals surface area contributed by atoms with Gasteiger partial charge in [0.05, 0.1) is 17.1 Å². The van der Waals surface area contributed by atoms with Gasteiger partial charge >= 0.3 is 0 Å². The fraction of sp³-hybridized carbons (Fsp3) is 0.625. The molecule has 2 saturated carbocycles. The first-order chi connectivity index (χ1) is 9.98. The molecule has 0 spiro atoms. The molecular weight excluding hydrogens is 268 g/mol. The molecule has 0 aliphatic heterocycles. The van der Waals surface area contributed by atoms with Gasteiger partial charge in [-0.1, -0.05) is 0 Å². The number of non-ortho nitro benzene ring substituents is 1. The maximum Gasteiger partial charge on any atom is 0.275 e. The number of nitro benzene ring substituents is 1. The van der Waals surface area contributed by atoms with E-state index in [0.717, 1.165) is 18.2 Å². The zero-order valence-electron chi connectivity index (χ0n) is 12.6. The number of benzene rings is 1. The van der Waals surface area contributed by atoms with Gasteiger partial charge in [-0.15, -0.1) is 0 Å². The van der Waals surface area contributed by atoms with E-state index in [4.69, 9.17) is 4.74 Å². The third kappa shape index (κ3) is 3.28. The van der Waals surface area contributed by atoms with Gasteiger partial charge in [0.25, 0.3) is 5.69 Å². The number of rotatable bonds is 7. The van der Waals surface area contributed by atoms with Crippen molar-refractivity contribution >= 4 is 11.4 Å². The molecule has 1 aromatic carbocycles. The molecule has 5 heteroatoms. The number of nitro groups is 1. The van der Waals surface area contributed by atoms with Gasteiger partial charge in [-0.3, -0.25) is 10.1 Å². The smallest absolute Gasteiger partial charge is 0.275 e. The summed E-state index contributed by atoms with van der Waals surface area (Å²) in [5.41, 5.74) is 1.32. The van der Waals surface area contributed by atoms with Crippen molar-refractivity contribution in [2.45, 2.75) is 45.6 Å². The van der Waals surface area contributed by atoms with Crippen molar-refractivity contribution in [1.29, 1.82) is 0 Å². The lowest BCUT2D eigenvalue weighted by atomic mass is 10.0. The van der Waals surface area contributed by atoms with Gasteiger partial charge in [-0.05, 0) is 50.9 Å². The molecule has 0 atom stereocenters. The fourth-order valence-electron chi connectivity index (χ4n) is 2.99. The Morgan fingerprint density at radius 2 is 2.10 bits per heavy atom. The van der Waals surface area contributed by atoms with Gasteiger partial charge in [0, 0.05) is 24.4 Å². The highest BCUT2D eigenvalue weighted by Crippen LogP contribution is 2.61. The average molecular weight is 290 g/mol. The van der Waals surface area contributed by atoms with Crippen LogP contribution >= 0.6 is 0 Å². The molecule has 2 aliphatic carbocycles. The predicted molar refractivity (Wildman–Crippen MR) is 81.7 cm³/mol. The van der Waals surface area contributed by atoms with E-state index in [1.54, 1.807) is 6.07 Å². The van der Waals surface area contributed by atoms with Crippen LogP contribution in [0.2, 0.25) is 0 Å². The zero-order chi connectivity index (χ0) is 15.0. The Labute approximate surface area is 124 Å². The third-order valence-corrected chi connectivity index (χ3v) is 4.45. The predicted octanol–water partition coefficient (Wildman–Crippen LogP) is 3.98. The molecule has 1 N–H and O–H groups in total. The SMILES string of the molecule is CC(C)Oc1cc(NCC2(C3CC3)CC2)cc([N+](=O)[O-])c1. The van der Waals surface area contributed by atoms with Crippen LogP contribution in [0, 0.1) is 21.4 Å². The quantitative estimate of drug-likeness (QED) is 0.609. The number of hydrogen-bond acceptors (Lipinski definition) is 4. The maximum absolute atomic E-state index is 11.0. The van der Waals surface area contributed by atoms with Gasteiger partial charge in [0.15, 0.2) is 0 Å². The molecule has 0 aromatic heterocycles. The highest BCUT2D eigenvalue weighted by atomic mass is 16.6. The van der Waals surface area contributed by atoms with Crippen molar-refractivity contribution in [2.75, 3.05) is 11.9 Å². The molecular formula is C16H22N2O3. The molecule has 0 amide bonds. The van der Waals surface area contributed by atoms with Crippen LogP contribution in [0.15, 0.2) is 18.2 Å². The van der Waals surface area contributed by atoms with E-state index in [-0.39, 0.29) is 16.7 Å². The molecule has 2 aliphatic rings. The van der Waals surface area contributed by atoms with Crippen LogP contribution in [-0.2, 0) is 0 Å². The van der Waals surface area contributed by atoms with E-state index in [1.165, 1.54) is 31.7 Å². The first-order valence-corrected chi connectivity index (χ1v) is 7.68. The van der Waals surface area contributed by atoms with Crippen molar-refractivity contribution in [3.8, 4) is 5.75 Å². The largest absolute Gasteiger partial charge is 0.491 e. The number of ether oxygens (including phenoxy) is 1. The summed E-state index contributed by atoms with van der Waals surface area (Å²) in [6.07, 6.45) is 5.27. The second-order valence-corrected chi connectivity index (χ2v) is 6.63. The second-order valence-electron chi connectivity index (χ2n) is 6.63. The van der Waals surface area contributed by atoms with Gasteiger partial charge in [-0.2, -0.15) is 0 Å². The van der Waals surface area contributed by atoms with Crippen LogP contribution in [0.4, 0.5) is 11.4 Å². The number of nitrogens with zero attached hydrogens (tertiary/aromatic N) is 1. The molecule has 0 unspecified atom stereocenters. The fourth-order valence-corrected chi connectivity index (χ4v) is 2.99. The van der Waals surface area contributed by atoms with E-state index >= 15 is 0 Å². The molecule has 114 valence electrons. The summed E-state index contributed by atoms with van der Waals surface area (Å²) in [4.78, 5) is 10.7. The van der Waals surface area contributed by atoms with Crippen LogP contribution in [-0.4, -0.2) is 17.6 Å².